The van der Waals surface area contributed by atoms with Gasteiger partial charge >= 0.3 is 12.2 Å². The molecule has 2 saturated heterocycles. The van der Waals surface area contributed by atoms with E-state index < -0.39 is 24.3 Å². The molecule has 5 N–H and O–H groups in total. The number of methoxy groups -OCH3 is 2. The summed E-state index contributed by atoms with van der Waals surface area (Å²) in [7, 11) is 2.52. The summed E-state index contributed by atoms with van der Waals surface area (Å²) >= 11 is 0. The van der Waals surface area contributed by atoms with Crippen LogP contribution in [-0.4, -0.2) is 106 Å². The summed E-state index contributed by atoms with van der Waals surface area (Å²) in [5.74, 6) is 7.22. The third-order valence-corrected chi connectivity index (χ3v) is 9.98. The summed E-state index contributed by atoms with van der Waals surface area (Å²) in [5, 5.41) is 8.55. The van der Waals surface area contributed by atoms with Gasteiger partial charge in [-0.3, -0.25) is 9.59 Å². The molecule has 2 aromatic carbocycles. The van der Waals surface area contributed by atoms with E-state index >= 15 is 0 Å². The maximum atomic E-state index is 13.6. The van der Waals surface area contributed by atoms with Crippen molar-refractivity contribution in [1.29, 1.82) is 0 Å². The zero-order valence-corrected chi connectivity index (χ0v) is 31.9. The van der Waals surface area contributed by atoms with E-state index in [4.69, 9.17) is 4.74 Å². The minimum atomic E-state index is -0.895. The molecule has 4 aromatic rings. The highest BCUT2D eigenvalue weighted by atomic mass is 16.5. The lowest BCUT2D eigenvalue weighted by atomic mass is 10.0. The first-order chi connectivity index (χ1) is 27.1. The van der Waals surface area contributed by atoms with Crippen LogP contribution < -0.4 is 16.0 Å². The lowest BCUT2D eigenvalue weighted by molar-refractivity contribution is -0.138. The fourth-order valence-electron chi connectivity index (χ4n) is 6.91. The number of likely N-dealkylation sites (tertiary alicyclic amines) is 1. The second kappa shape index (κ2) is 17.8. The molecule has 56 heavy (non-hydrogen) atoms. The Morgan fingerprint density at radius 2 is 1.34 bits per heavy atom. The van der Waals surface area contributed by atoms with Crippen molar-refractivity contribution >= 4 is 24.0 Å². The molecule has 2 fully saturated rings. The highest BCUT2D eigenvalue weighted by molar-refractivity contribution is 5.88. The van der Waals surface area contributed by atoms with Crippen LogP contribution in [0.15, 0.2) is 73.6 Å². The smallest absolute Gasteiger partial charge is 0.407 e. The van der Waals surface area contributed by atoms with E-state index in [1.54, 1.807) is 22.2 Å². The first-order valence-electron chi connectivity index (χ1n) is 18.6. The summed E-state index contributed by atoms with van der Waals surface area (Å²) in [6, 6.07) is 13.5. The minimum absolute atomic E-state index is 0.132. The second-order valence-corrected chi connectivity index (χ2v) is 13.9. The highest BCUT2D eigenvalue weighted by Crippen LogP contribution is 2.32. The van der Waals surface area contributed by atoms with Crippen LogP contribution in [0.2, 0.25) is 0 Å². The van der Waals surface area contributed by atoms with Crippen molar-refractivity contribution in [3.8, 4) is 34.4 Å². The fourth-order valence-corrected chi connectivity index (χ4v) is 6.91. The Hall–Kier alpha value is -6.40. The number of H-pyrrole nitrogens is 2. The van der Waals surface area contributed by atoms with Gasteiger partial charge in [-0.05, 0) is 54.2 Å². The number of aromatic nitrogens is 4. The number of rotatable bonds is 10. The number of nitrogens with zero attached hydrogens (tertiary/aromatic N) is 4. The Kier molecular flexibility index (Phi) is 12.5. The van der Waals surface area contributed by atoms with Crippen LogP contribution in [-0.2, 0) is 19.1 Å². The van der Waals surface area contributed by atoms with Gasteiger partial charge in [-0.2, -0.15) is 0 Å². The van der Waals surface area contributed by atoms with Crippen LogP contribution in [0.4, 0.5) is 9.59 Å². The molecule has 2 aliphatic heterocycles. The number of nitrogens with one attached hydrogen (secondary N) is 5. The summed E-state index contributed by atoms with van der Waals surface area (Å²) in [6.45, 7) is 9.65. The number of piperazine rings is 1. The molecule has 0 bridgehead atoms. The zero-order chi connectivity index (χ0) is 39.8. The molecule has 0 spiro atoms. The van der Waals surface area contributed by atoms with Gasteiger partial charge in [0.1, 0.15) is 29.8 Å². The molecule has 292 valence electrons. The van der Waals surface area contributed by atoms with Crippen molar-refractivity contribution in [2.75, 3.05) is 40.4 Å². The molecule has 2 aliphatic rings. The molecule has 4 amide bonds. The standard InChI is InChI=1S/C41H47N9O6/c1-6-30(47-40(53)55-4)38(51)49-20-7-8-33(49)36-43-22-31(45-36)28-15-11-26(12-16-28)9-10-27-13-17-29(18-14-27)32-23-44-37(46-32)34-24-42-19-21-50(34)39(52)35(25(2)3)48-41(54)56-5/h6,11-18,22-23,25,30,33-35,42H,1,7-8,19-21,24H2,2-5H3,(H,43,45)(H,44,46)(H,47,53)(H,48,54). The summed E-state index contributed by atoms with van der Waals surface area (Å²) < 4.78 is 9.40. The molecule has 6 rings (SSSR count). The Bertz CT molecular complexity index is 2100. The van der Waals surface area contributed by atoms with E-state index in [1.165, 1.54) is 20.3 Å². The molecular formula is C41H47N9O6. The van der Waals surface area contributed by atoms with Crippen LogP contribution in [0.25, 0.3) is 22.5 Å². The van der Waals surface area contributed by atoms with Gasteiger partial charge in [0, 0.05) is 37.3 Å². The van der Waals surface area contributed by atoms with Crippen molar-refractivity contribution in [3.63, 3.8) is 0 Å². The monoisotopic (exact) mass is 761 g/mol. The number of hydrogen-bond acceptors (Lipinski definition) is 9. The molecule has 4 heterocycles. The molecular weight excluding hydrogens is 715 g/mol. The van der Waals surface area contributed by atoms with Crippen LogP contribution >= 0.6 is 0 Å². The van der Waals surface area contributed by atoms with Gasteiger partial charge in [0.15, 0.2) is 0 Å². The molecule has 4 atom stereocenters. The Balaban J connectivity index is 1.08. The van der Waals surface area contributed by atoms with E-state index in [-0.39, 0.29) is 29.8 Å². The van der Waals surface area contributed by atoms with Crippen molar-refractivity contribution in [1.82, 2.24) is 45.7 Å². The molecule has 2 aromatic heterocycles. The van der Waals surface area contributed by atoms with Crippen LogP contribution in [0, 0.1) is 17.8 Å². The van der Waals surface area contributed by atoms with Gasteiger partial charge < -0.3 is 45.2 Å². The number of alkyl carbamates (subject to hydrolysis) is 2. The molecule has 0 saturated carbocycles. The third-order valence-electron chi connectivity index (χ3n) is 9.98. The summed E-state index contributed by atoms with van der Waals surface area (Å²) in [6.07, 6.45) is 5.13. The lowest BCUT2D eigenvalue weighted by Gasteiger charge is -2.38. The Labute approximate surface area is 325 Å². The van der Waals surface area contributed by atoms with E-state index in [0.717, 1.165) is 46.5 Å². The highest BCUT2D eigenvalue weighted by Gasteiger charge is 2.37. The maximum absolute atomic E-state index is 13.6. The van der Waals surface area contributed by atoms with Gasteiger partial charge in [-0.15, -0.1) is 6.58 Å². The van der Waals surface area contributed by atoms with Crippen LogP contribution in [0.1, 0.15) is 61.5 Å². The summed E-state index contributed by atoms with van der Waals surface area (Å²) in [5.41, 5.74) is 5.18. The van der Waals surface area contributed by atoms with E-state index in [2.05, 4.69) is 59.0 Å². The van der Waals surface area contributed by atoms with Gasteiger partial charge in [0.05, 0.1) is 44.0 Å². The Morgan fingerprint density at radius 3 is 1.88 bits per heavy atom. The van der Waals surface area contributed by atoms with Crippen molar-refractivity contribution in [3.05, 3.63) is 96.4 Å². The summed E-state index contributed by atoms with van der Waals surface area (Å²) in [4.78, 5) is 70.0. The fraction of sp³-hybridized carbons (Fsp3) is 0.366. The normalized spacial score (nSPS) is 17.7. The Morgan fingerprint density at radius 1 is 0.804 bits per heavy atom. The molecule has 0 radical (unpaired) electrons. The SMILES string of the molecule is C=CC(NC(=O)OC)C(=O)N1CCCC1c1ncc(-c2ccc(C#Cc3ccc(-c4cnc(C5CNCCN5C(=O)C(NC(=O)OC)C(C)C)[nH]4)cc3)cc2)[nH]1. The van der Waals surface area contributed by atoms with Crippen molar-refractivity contribution in [2.45, 2.75) is 50.9 Å². The number of carbonyl (C=O) groups is 4. The second-order valence-electron chi connectivity index (χ2n) is 13.9. The van der Waals surface area contributed by atoms with Crippen LogP contribution in [0.3, 0.4) is 0 Å². The van der Waals surface area contributed by atoms with Crippen LogP contribution in [0.5, 0.6) is 0 Å². The number of carbonyl (C=O) groups excluding carboxylic acids is 4. The van der Waals surface area contributed by atoms with E-state index in [1.807, 2.05) is 62.4 Å². The van der Waals surface area contributed by atoms with Crippen molar-refractivity contribution < 1.29 is 28.7 Å². The topological polar surface area (TPSA) is 187 Å². The molecule has 15 nitrogen and oxygen atoms in total. The number of imidazole rings is 2. The molecule has 4 unspecified atom stereocenters. The predicted molar refractivity (Wildman–Crippen MR) is 209 cm³/mol. The number of aromatic amines is 2. The average molecular weight is 762 g/mol. The first-order valence-corrected chi connectivity index (χ1v) is 18.6. The maximum Gasteiger partial charge on any atom is 0.407 e. The van der Waals surface area contributed by atoms with Gasteiger partial charge in [0.25, 0.3) is 0 Å². The minimum Gasteiger partial charge on any atom is -0.453 e. The first kappa shape index (κ1) is 39.3. The van der Waals surface area contributed by atoms with Gasteiger partial charge in [-0.1, -0.05) is 56.0 Å². The third kappa shape index (κ3) is 8.93. The molecule has 15 heteroatoms. The lowest BCUT2D eigenvalue weighted by Crippen LogP contribution is -2.57. The average Bonchev–Trinajstić information content (AvgIpc) is 4.03. The molecule has 0 aliphatic carbocycles. The van der Waals surface area contributed by atoms with E-state index in [9.17, 15) is 19.2 Å². The predicted octanol–water partition coefficient (Wildman–Crippen LogP) is 4.29. The van der Waals surface area contributed by atoms with Gasteiger partial charge in [-0.25, -0.2) is 19.6 Å². The number of ether oxygens (including phenoxy) is 2. The van der Waals surface area contributed by atoms with Crippen molar-refractivity contribution in [2.24, 2.45) is 5.92 Å². The van der Waals surface area contributed by atoms with E-state index in [0.29, 0.717) is 37.8 Å². The largest absolute Gasteiger partial charge is 0.453 e. The zero-order valence-electron chi connectivity index (χ0n) is 31.9. The quantitative estimate of drug-likeness (QED) is 0.116. The van der Waals surface area contributed by atoms with Gasteiger partial charge in [0.2, 0.25) is 11.8 Å². The number of benzene rings is 2. The number of amides is 4. The number of hydrogen-bond donors (Lipinski definition) is 5.